The van der Waals surface area contributed by atoms with Crippen molar-refractivity contribution in [3.8, 4) is 5.88 Å². The Bertz CT molecular complexity index is 439. The first kappa shape index (κ1) is 10.7. The standard InChI is InChI=1S/C14H14NO/c16-14-13(10-5-11-15-14)9-4-8-12-6-2-1-3-7-12/h1-3,5-7,10-11H,4,8-9H2. The number of hydrogen-bond donors (Lipinski definition) is 0. The van der Waals surface area contributed by atoms with E-state index >= 15 is 0 Å². The van der Waals surface area contributed by atoms with E-state index in [9.17, 15) is 5.11 Å². The molecule has 1 heterocycles. The molecule has 16 heavy (non-hydrogen) atoms. The zero-order valence-corrected chi connectivity index (χ0v) is 9.10. The number of aryl methyl sites for hydroxylation is 2. The van der Waals surface area contributed by atoms with E-state index in [1.165, 1.54) is 5.56 Å². The summed E-state index contributed by atoms with van der Waals surface area (Å²) in [6.45, 7) is 0. The fraction of sp³-hybridized carbons (Fsp3) is 0.214. The van der Waals surface area contributed by atoms with Crippen molar-refractivity contribution in [3.63, 3.8) is 0 Å². The number of rotatable bonds is 4. The summed E-state index contributed by atoms with van der Waals surface area (Å²) in [7, 11) is 0. The largest absolute Gasteiger partial charge is 0.272 e. The molecule has 0 saturated heterocycles. The lowest BCUT2D eigenvalue weighted by Gasteiger charge is -2.02. The number of hydrogen-bond acceptors (Lipinski definition) is 1. The van der Waals surface area contributed by atoms with Crippen LogP contribution >= 0.6 is 0 Å². The maximum atomic E-state index is 11.4. The van der Waals surface area contributed by atoms with Crippen LogP contribution in [0.4, 0.5) is 0 Å². The fourth-order valence-electron chi connectivity index (χ4n) is 1.74. The second-order valence-electron chi connectivity index (χ2n) is 3.81. The first-order chi connectivity index (χ1) is 7.86. The fourth-order valence-corrected chi connectivity index (χ4v) is 1.74. The van der Waals surface area contributed by atoms with E-state index < -0.39 is 0 Å². The van der Waals surface area contributed by atoms with Crippen molar-refractivity contribution >= 4 is 0 Å². The van der Waals surface area contributed by atoms with E-state index in [0.29, 0.717) is 0 Å². The third kappa shape index (κ3) is 2.83. The van der Waals surface area contributed by atoms with E-state index in [0.717, 1.165) is 24.8 Å². The Hall–Kier alpha value is -1.83. The molecule has 2 heteroatoms. The Balaban J connectivity index is 1.87. The number of aromatic nitrogens is 1. The zero-order chi connectivity index (χ0) is 11.2. The average Bonchev–Trinajstić information content (AvgIpc) is 2.33. The van der Waals surface area contributed by atoms with Crippen LogP contribution in [0.2, 0.25) is 0 Å². The van der Waals surface area contributed by atoms with Gasteiger partial charge in [-0.05, 0) is 30.9 Å². The van der Waals surface area contributed by atoms with E-state index in [1.807, 2.05) is 30.3 Å². The predicted octanol–water partition coefficient (Wildman–Crippen LogP) is 3.40. The van der Waals surface area contributed by atoms with Gasteiger partial charge in [0.25, 0.3) is 5.88 Å². The molecule has 2 aromatic rings. The smallest absolute Gasteiger partial charge is 0.267 e. The van der Waals surface area contributed by atoms with Crippen molar-refractivity contribution in [3.05, 3.63) is 59.8 Å². The molecule has 0 bridgehead atoms. The van der Waals surface area contributed by atoms with E-state index in [-0.39, 0.29) is 5.88 Å². The summed E-state index contributed by atoms with van der Waals surface area (Å²) in [5, 5.41) is 11.4. The molecule has 1 radical (unpaired) electrons. The average molecular weight is 212 g/mol. The highest BCUT2D eigenvalue weighted by molar-refractivity contribution is 5.24. The van der Waals surface area contributed by atoms with Crippen LogP contribution < -0.4 is 0 Å². The van der Waals surface area contributed by atoms with Gasteiger partial charge in [-0.1, -0.05) is 36.4 Å². The SMILES string of the molecule is [O]c1ncccc1CCCc1ccccc1. The van der Waals surface area contributed by atoms with Crippen LogP contribution in [0.25, 0.3) is 0 Å². The van der Waals surface area contributed by atoms with Crippen molar-refractivity contribution in [2.24, 2.45) is 0 Å². The molecular weight excluding hydrogens is 198 g/mol. The van der Waals surface area contributed by atoms with Crippen molar-refractivity contribution in [1.29, 1.82) is 0 Å². The lowest BCUT2D eigenvalue weighted by molar-refractivity contribution is 0.332. The Morgan fingerprint density at radius 1 is 0.938 bits per heavy atom. The molecule has 1 aromatic heterocycles. The Morgan fingerprint density at radius 3 is 2.50 bits per heavy atom. The van der Waals surface area contributed by atoms with Gasteiger partial charge in [0.2, 0.25) is 0 Å². The lowest BCUT2D eigenvalue weighted by atomic mass is 10.1. The first-order valence-electron chi connectivity index (χ1n) is 5.51. The predicted molar refractivity (Wildman–Crippen MR) is 62.8 cm³/mol. The van der Waals surface area contributed by atoms with Crippen molar-refractivity contribution < 1.29 is 5.11 Å². The van der Waals surface area contributed by atoms with Gasteiger partial charge in [-0.15, -0.1) is 0 Å². The number of nitrogens with zero attached hydrogens (tertiary/aromatic N) is 1. The van der Waals surface area contributed by atoms with Crippen molar-refractivity contribution in [1.82, 2.24) is 4.98 Å². The van der Waals surface area contributed by atoms with Crippen LogP contribution in [-0.2, 0) is 17.9 Å². The van der Waals surface area contributed by atoms with Gasteiger partial charge in [0.05, 0.1) is 0 Å². The maximum Gasteiger partial charge on any atom is 0.272 e. The van der Waals surface area contributed by atoms with Crippen LogP contribution in [-0.4, -0.2) is 4.98 Å². The first-order valence-corrected chi connectivity index (χ1v) is 5.51. The van der Waals surface area contributed by atoms with Gasteiger partial charge >= 0.3 is 0 Å². The van der Waals surface area contributed by atoms with Gasteiger partial charge < -0.3 is 0 Å². The third-order valence-electron chi connectivity index (χ3n) is 2.60. The maximum absolute atomic E-state index is 11.4. The second-order valence-corrected chi connectivity index (χ2v) is 3.81. The molecule has 0 amide bonds. The Kier molecular flexibility index (Phi) is 3.54. The van der Waals surface area contributed by atoms with Crippen molar-refractivity contribution in [2.75, 3.05) is 0 Å². The molecule has 0 unspecified atom stereocenters. The highest BCUT2D eigenvalue weighted by Gasteiger charge is 2.02. The van der Waals surface area contributed by atoms with Gasteiger partial charge in [-0.25, -0.2) is 4.98 Å². The lowest BCUT2D eigenvalue weighted by Crippen LogP contribution is -1.91. The molecule has 2 rings (SSSR count). The Morgan fingerprint density at radius 2 is 1.75 bits per heavy atom. The van der Waals surface area contributed by atoms with E-state index in [2.05, 4.69) is 17.1 Å². The normalized spacial score (nSPS) is 10.2. The summed E-state index contributed by atoms with van der Waals surface area (Å²) in [5.74, 6) is -0.0874. The van der Waals surface area contributed by atoms with Crippen LogP contribution in [0.1, 0.15) is 17.5 Å². The highest BCUT2D eigenvalue weighted by Crippen LogP contribution is 2.16. The monoisotopic (exact) mass is 212 g/mol. The van der Waals surface area contributed by atoms with Crippen LogP contribution in [0, 0.1) is 0 Å². The van der Waals surface area contributed by atoms with E-state index in [4.69, 9.17) is 0 Å². The van der Waals surface area contributed by atoms with Crippen LogP contribution in [0.3, 0.4) is 0 Å². The topological polar surface area (TPSA) is 32.8 Å². The van der Waals surface area contributed by atoms with Gasteiger partial charge in [0.1, 0.15) is 0 Å². The summed E-state index contributed by atoms with van der Waals surface area (Å²) < 4.78 is 0. The molecule has 0 aliphatic heterocycles. The quantitative estimate of drug-likeness (QED) is 0.764. The zero-order valence-electron chi connectivity index (χ0n) is 9.10. The molecule has 2 nitrogen and oxygen atoms in total. The van der Waals surface area contributed by atoms with Crippen LogP contribution in [0.5, 0.6) is 5.88 Å². The van der Waals surface area contributed by atoms with Crippen molar-refractivity contribution in [2.45, 2.75) is 19.3 Å². The summed E-state index contributed by atoms with van der Waals surface area (Å²) in [4.78, 5) is 3.75. The molecule has 0 N–H and O–H groups in total. The Labute approximate surface area is 95.6 Å². The van der Waals surface area contributed by atoms with Gasteiger partial charge in [-0.2, -0.15) is 0 Å². The molecule has 0 fully saturated rings. The number of pyridine rings is 1. The minimum atomic E-state index is -0.0874. The molecule has 0 aliphatic carbocycles. The third-order valence-corrected chi connectivity index (χ3v) is 2.60. The molecule has 0 saturated carbocycles. The van der Waals surface area contributed by atoms with Crippen LogP contribution in [0.15, 0.2) is 48.7 Å². The van der Waals surface area contributed by atoms with Gasteiger partial charge in [0, 0.05) is 11.8 Å². The summed E-state index contributed by atoms with van der Waals surface area (Å²) in [6, 6.07) is 14.0. The molecule has 0 aliphatic rings. The second kappa shape index (κ2) is 5.31. The van der Waals surface area contributed by atoms with Gasteiger partial charge in [0.15, 0.2) is 0 Å². The summed E-state index contributed by atoms with van der Waals surface area (Å²) in [6.07, 6.45) is 4.35. The molecule has 0 atom stereocenters. The van der Waals surface area contributed by atoms with E-state index in [1.54, 1.807) is 6.20 Å². The summed E-state index contributed by atoms with van der Waals surface area (Å²) in [5.41, 5.74) is 2.14. The molecular formula is C14H14NO. The molecule has 1 aromatic carbocycles. The molecule has 81 valence electrons. The number of benzene rings is 1. The summed E-state index contributed by atoms with van der Waals surface area (Å²) >= 11 is 0. The minimum absolute atomic E-state index is 0.0874. The highest BCUT2D eigenvalue weighted by atomic mass is 16.3. The molecule has 0 spiro atoms. The van der Waals surface area contributed by atoms with Gasteiger partial charge in [-0.3, -0.25) is 5.11 Å². The minimum Gasteiger partial charge on any atom is -0.267 e.